The molecular formula is C12H15F7O3. The minimum atomic E-state index is -5.26. The standard InChI is InChI=1S/C12H15F7O3/c1-2-3-4-5-6(20)22-11(21)12(18,19)9(15)7(13)8(14)10(16)17/h7-10H,2-5H2,1H3. The van der Waals surface area contributed by atoms with E-state index in [-0.39, 0.29) is 6.42 Å². The zero-order chi connectivity index (χ0) is 17.5. The summed E-state index contributed by atoms with van der Waals surface area (Å²) < 4.78 is 92.1. The molecule has 0 N–H and O–H groups in total. The number of esters is 2. The Kier molecular flexibility index (Phi) is 8.39. The topological polar surface area (TPSA) is 43.4 Å². The van der Waals surface area contributed by atoms with E-state index in [4.69, 9.17) is 0 Å². The molecule has 10 heteroatoms. The maximum atomic E-state index is 13.2. The fourth-order valence-electron chi connectivity index (χ4n) is 1.35. The Labute approximate surface area is 121 Å². The van der Waals surface area contributed by atoms with Crippen LogP contribution in [-0.2, 0) is 14.3 Å². The summed E-state index contributed by atoms with van der Waals surface area (Å²) in [6, 6.07) is 0. The van der Waals surface area contributed by atoms with Crippen LogP contribution in [0.1, 0.15) is 32.6 Å². The van der Waals surface area contributed by atoms with Gasteiger partial charge in [0.2, 0.25) is 6.17 Å². The van der Waals surface area contributed by atoms with Gasteiger partial charge in [-0.05, 0) is 6.42 Å². The largest absolute Gasteiger partial charge is 0.389 e. The number of alkyl halides is 7. The van der Waals surface area contributed by atoms with E-state index in [1.54, 1.807) is 6.92 Å². The van der Waals surface area contributed by atoms with Gasteiger partial charge in [0.1, 0.15) is 0 Å². The van der Waals surface area contributed by atoms with Crippen LogP contribution in [0.4, 0.5) is 30.7 Å². The second-order valence-corrected chi connectivity index (χ2v) is 4.47. The Morgan fingerprint density at radius 3 is 2.00 bits per heavy atom. The Morgan fingerprint density at radius 1 is 1.00 bits per heavy atom. The maximum absolute atomic E-state index is 13.2. The van der Waals surface area contributed by atoms with Gasteiger partial charge in [0, 0.05) is 6.42 Å². The lowest BCUT2D eigenvalue weighted by Gasteiger charge is -2.22. The molecule has 0 amide bonds. The van der Waals surface area contributed by atoms with Gasteiger partial charge >= 0.3 is 17.9 Å². The molecule has 0 aromatic heterocycles. The molecule has 3 nitrogen and oxygen atoms in total. The van der Waals surface area contributed by atoms with Crippen molar-refractivity contribution in [1.82, 2.24) is 0 Å². The van der Waals surface area contributed by atoms with Gasteiger partial charge < -0.3 is 4.74 Å². The van der Waals surface area contributed by atoms with Crippen molar-refractivity contribution in [2.75, 3.05) is 0 Å². The molecule has 0 aliphatic carbocycles. The SMILES string of the molecule is CCCCCC(=O)OC(=O)C(F)(F)C(F)C(F)C(F)C(F)F. The van der Waals surface area contributed by atoms with Crippen LogP contribution in [0.15, 0.2) is 0 Å². The van der Waals surface area contributed by atoms with E-state index in [9.17, 15) is 40.3 Å². The summed E-state index contributed by atoms with van der Waals surface area (Å²) in [6.45, 7) is 1.77. The lowest BCUT2D eigenvalue weighted by Crippen LogP contribution is -2.49. The fourth-order valence-corrected chi connectivity index (χ4v) is 1.35. The van der Waals surface area contributed by atoms with Gasteiger partial charge in [-0.2, -0.15) is 8.78 Å². The first kappa shape index (κ1) is 20.6. The van der Waals surface area contributed by atoms with Gasteiger partial charge in [-0.1, -0.05) is 19.8 Å². The molecule has 22 heavy (non-hydrogen) atoms. The molecule has 0 saturated carbocycles. The van der Waals surface area contributed by atoms with Crippen molar-refractivity contribution in [3.8, 4) is 0 Å². The molecular weight excluding hydrogens is 325 g/mol. The van der Waals surface area contributed by atoms with Gasteiger partial charge in [0.15, 0.2) is 12.3 Å². The van der Waals surface area contributed by atoms with Crippen molar-refractivity contribution in [2.45, 2.75) is 63.5 Å². The number of ether oxygens (including phenoxy) is 1. The molecule has 0 rings (SSSR count). The zero-order valence-corrected chi connectivity index (χ0v) is 11.5. The first-order chi connectivity index (χ1) is 10.1. The van der Waals surface area contributed by atoms with E-state index in [0.29, 0.717) is 12.8 Å². The van der Waals surface area contributed by atoms with Crippen LogP contribution in [0.25, 0.3) is 0 Å². The molecule has 0 aliphatic heterocycles. The van der Waals surface area contributed by atoms with Crippen LogP contribution in [0.5, 0.6) is 0 Å². The molecule has 0 aromatic rings. The third-order valence-corrected chi connectivity index (χ3v) is 2.63. The first-order valence-electron chi connectivity index (χ1n) is 6.38. The molecule has 130 valence electrons. The molecule has 0 fully saturated rings. The fraction of sp³-hybridized carbons (Fsp3) is 0.833. The third kappa shape index (κ3) is 5.80. The molecule has 3 unspecified atom stereocenters. The first-order valence-corrected chi connectivity index (χ1v) is 6.38. The van der Waals surface area contributed by atoms with Crippen LogP contribution in [0, 0.1) is 0 Å². The average Bonchev–Trinajstić information content (AvgIpc) is 2.44. The minimum absolute atomic E-state index is 0.219. The van der Waals surface area contributed by atoms with Crippen LogP contribution >= 0.6 is 0 Å². The summed E-state index contributed by atoms with van der Waals surface area (Å²) in [5, 5.41) is 0. The van der Waals surface area contributed by atoms with Gasteiger partial charge in [0.25, 0.3) is 6.43 Å². The predicted molar refractivity (Wildman–Crippen MR) is 60.9 cm³/mol. The summed E-state index contributed by atoms with van der Waals surface area (Å²) >= 11 is 0. The quantitative estimate of drug-likeness (QED) is 0.279. The van der Waals surface area contributed by atoms with E-state index in [1.165, 1.54) is 0 Å². The zero-order valence-electron chi connectivity index (χ0n) is 11.5. The smallest absolute Gasteiger partial charge is 0.387 e. The van der Waals surface area contributed by atoms with Crippen LogP contribution in [0.2, 0.25) is 0 Å². The monoisotopic (exact) mass is 340 g/mol. The number of rotatable bonds is 9. The summed E-state index contributed by atoms with van der Waals surface area (Å²) in [5.41, 5.74) is 0. The van der Waals surface area contributed by atoms with Crippen LogP contribution < -0.4 is 0 Å². The van der Waals surface area contributed by atoms with Crippen molar-refractivity contribution in [3.05, 3.63) is 0 Å². The average molecular weight is 340 g/mol. The number of hydrogen-bond donors (Lipinski definition) is 0. The molecule has 0 aromatic carbocycles. The van der Waals surface area contributed by atoms with Crippen molar-refractivity contribution in [2.24, 2.45) is 0 Å². The minimum Gasteiger partial charge on any atom is -0.389 e. The van der Waals surface area contributed by atoms with Crippen molar-refractivity contribution in [1.29, 1.82) is 0 Å². The molecule has 3 atom stereocenters. The molecule has 0 aliphatic rings. The number of carbonyl (C=O) groups excluding carboxylic acids is 2. The second kappa shape index (κ2) is 8.94. The molecule has 0 heterocycles. The lowest BCUT2D eigenvalue weighted by atomic mass is 10.1. The molecule has 0 radical (unpaired) electrons. The lowest BCUT2D eigenvalue weighted by molar-refractivity contribution is -0.193. The maximum Gasteiger partial charge on any atom is 0.387 e. The van der Waals surface area contributed by atoms with Gasteiger partial charge in [-0.15, -0.1) is 0 Å². The molecule has 0 spiro atoms. The van der Waals surface area contributed by atoms with Crippen LogP contribution in [-0.4, -0.2) is 42.8 Å². The van der Waals surface area contributed by atoms with E-state index < -0.39 is 49.2 Å². The highest BCUT2D eigenvalue weighted by Crippen LogP contribution is 2.31. The summed E-state index contributed by atoms with van der Waals surface area (Å²) in [5.74, 6) is -9.41. The highest BCUT2D eigenvalue weighted by atomic mass is 19.3. The Bertz CT molecular complexity index is 376. The van der Waals surface area contributed by atoms with Crippen molar-refractivity contribution < 1.29 is 45.1 Å². The Balaban J connectivity index is 4.70. The third-order valence-electron chi connectivity index (χ3n) is 2.63. The summed E-state index contributed by atoms with van der Waals surface area (Å²) in [6.07, 6.45) is -15.0. The number of unbranched alkanes of at least 4 members (excludes halogenated alkanes) is 2. The van der Waals surface area contributed by atoms with Crippen molar-refractivity contribution in [3.63, 3.8) is 0 Å². The van der Waals surface area contributed by atoms with E-state index in [2.05, 4.69) is 4.74 Å². The molecule has 0 bridgehead atoms. The van der Waals surface area contributed by atoms with E-state index in [1.807, 2.05) is 0 Å². The summed E-state index contributed by atoms with van der Waals surface area (Å²) in [7, 11) is 0. The van der Waals surface area contributed by atoms with E-state index in [0.717, 1.165) is 0 Å². The van der Waals surface area contributed by atoms with Gasteiger partial charge in [-0.25, -0.2) is 26.7 Å². The van der Waals surface area contributed by atoms with Crippen molar-refractivity contribution >= 4 is 11.9 Å². The highest BCUT2D eigenvalue weighted by molar-refractivity contribution is 5.89. The second-order valence-electron chi connectivity index (χ2n) is 4.47. The molecule has 0 saturated heterocycles. The summed E-state index contributed by atoms with van der Waals surface area (Å²) in [4.78, 5) is 22.0. The van der Waals surface area contributed by atoms with Gasteiger partial charge in [0.05, 0.1) is 0 Å². The Morgan fingerprint density at radius 2 is 1.55 bits per heavy atom. The van der Waals surface area contributed by atoms with Crippen LogP contribution in [0.3, 0.4) is 0 Å². The predicted octanol–water partition coefficient (Wildman–Crippen LogP) is 3.55. The number of halogens is 7. The van der Waals surface area contributed by atoms with E-state index >= 15 is 0 Å². The number of hydrogen-bond acceptors (Lipinski definition) is 3. The van der Waals surface area contributed by atoms with Gasteiger partial charge in [-0.3, -0.25) is 4.79 Å². The Hall–Kier alpha value is -1.35. The highest BCUT2D eigenvalue weighted by Gasteiger charge is 2.57. The normalized spacial score (nSPS) is 16.2. The number of carbonyl (C=O) groups is 2.